The van der Waals surface area contributed by atoms with Gasteiger partial charge in [0.15, 0.2) is 0 Å². The Hall–Kier alpha value is -1.17. The van der Waals surface area contributed by atoms with Gasteiger partial charge in [-0.2, -0.15) is 0 Å². The normalized spacial score (nSPS) is 19.7. The van der Waals surface area contributed by atoms with E-state index in [0.29, 0.717) is 6.04 Å². The second kappa shape index (κ2) is 9.97. The molecule has 0 amide bonds. The molecule has 136 valence electrons. The summed E-state index contributed by atoms with van der Waals surface area (Å²) in [4.78, 5) is 9.19. The molecule has 1 N–H and O–H groups in total. The Kier molecular flexibility index (Phi) is 7.95. The average Bonchev–Trinajstić information content (AvgIpc) is 2.57. The number of hydrogen-bond donors (Lipinski definition) is 1. The Labute approximate surface area is 147 Å². The lowest BCUT2D eigenvalue weighted by molar-refractivity contribution is 0.0529. The zero-order chi connectivity index (χ0) is 17.4. The van der Waals surface area contributed by atoms with Crippen molar-refractivity contribution in [2.24, 2.45) is 0 Å². The van der Waals surface area contributed by atoms with Gasteiger partial charge < -0.3 is 19.9 Å². The minimum Gasteiger partial charge on any atom is -0.375 e. The number of morpholine rings is 1. The predicted molar refractivity (Wildman–Crippen MR) is 101 cm³/mol. The van der Waals surface area contributed by atoms with E-state index in [1.54, 1.807) is 0 Å². The average molecular weight is 335 g/mol. The first-order chi connectivity index (χ1) is 11.5. The lowest BCUT2D eigenvalue weighted by Gasteiger charge is -2.32. The summed E-state index contributed by atoms with van der Waals surface area (Å²) in [5.74, 6) is 1.06. The van der Waals surface area contributed by atoms with Gasteiger partial charge in [0.25, 0.3) is 0 Å². The number of nitrogens with one attached hydrogen (secondary N) is 1. The topological polar surface area (TPSA) is 40.6 Å². The summed E-state index contributed by atoms with van der Waals surface area (Å²) in [6.45, 7) is 9.10. The lowest BCUT2D eigenvalue weighted by atomic mass is 10.1. The summed E-state index contributed by atoms with van der Waals surface area (Å²) in [6.07, 6.45) is 6.06. The van der Waals surface area contributed by atoms with Gasteiger partial charge in [-0.15, -0.1) is 0 Å². The molecule has 1 fully saturated rings. The van der Waals surface area contributed by atoms with E-state index >= 15 is 0 Å². The number of anilines is 1. The highest BCUT2D eigenvalue weighted by Crippen LogP contribution is 2.15. The van der Waals surface area contributed by atoms with Gasteiger partial charge in [-0.05, 0) is 59.0 Å². The molecule has 0 bridgehead atoms. The molecule has 1 aliphatic rings. The zero-order valence-electron chi connectivity index (χ0n) is 15.8. The monoisotopic (exact) mass is 334 g/mol. The number of rotatable bonds is 9. The molecule has 2 rings (SSSR count). The predicted octanol–water partition coefficient (Wildman–Crippen LogP) is 2.52. The van der Waals surface area contributed by atoms with Gasteiger partial charge in [-0.25, -0.2) is 4.98 Å². The van der Waals surface area contributed by atoms with Crippen LogP contribution in [0.2, 0.25) is 0 Å². The van der Waals surface area contributed by atoms with Crippen molar-refractivity contribution in [3.63, 3.8) is 0 Å². The largest absolute Gasteiger partial charge is 0.375 e. The van der Waals surface area contributed by atoms with Crippen molar-refractivity contribution in [2.75, 3.05) is 45.2 Å². The molecule has 0 aliphatic carbocycles. The number of unbranched alkanes of at least 4 members (excludes halogenated alkanes) is 1. The van der Waals surface area contributed by atoms with E-state index in [0.717, 1.165) is 32.1 Å². The van der Waals surface area contributed by atoms with Crippen LogP contribution in [0.5, 0.6) is 0 Å². The quantitative estimate of drug-likeness (QED) is 0.703. The summed E-state index contributed by atoms with van der Waals surface area (Å²) < 4.78 is 5.59. The number of aromatic nitrogens is 1. The summed E-state index contributed by atoms with van der Waals surface area (Å²) >= 11 is 0. The molecule has 0 unspecified atom stereocenters. The molecule has 2 heterocycles. The van der Waals surface area contributed by atoms with Crippen molar-refractivity contribution in [2.45, 2.75) is 51.8 Å². The van der Waals surface area contributed by atoms with Gasteiger partial charge in [0, 0.05) is 31.9 Å². The van der Waals surface area contributed by atoms with Crippen LogP contribution in [0.15, 0.2) is 18.3 Å². The number of ether oxygens (including phenoxy) is 1. The standard InChI is InChI=1S/C19H34N4O/c1-16(7-5-6-10-22(3)4)20-13-18-8-9-19(21-14-18)23-11-12-24-17(2)15-23/h8-9,14,16-17,20H,5-7,10-13,15H2,1-4H3/t16-,17+/m1/s1. The third kappa shape index (κ3) is 6.75. The molecule has 0 spiro atoms. The second-order valence-electron chi connectivity index (χ2n) is 7.23. The minimum absolute atomic E-state index is 0.287. The third-order valence-electron chi connectivity index (χ3n) is 4.52. The van der Waals surface area contributed by atoms with Crippen molar-refractivity contribution < 1.29 is 4.74 Å². The molecule has 5 nitrogen and oxygen atoms in total. The van der Waals surface area contributed by atoms with Crippen LogP contribution >= 0.6 is 0 Å². The number of nitrogens with zero attached hydrogens (tertiary/aromatic N) is 3. The molecule has 1 aliphatic heterocycles. The van der Waals surface area contributed by atoms with Crippen LogP contribution in [-0.2, 0) is 11.3 Å². The van der Waals surface area contributed by atoms with E-state index in [4.69, 9.17) is 4.74 Å². The molecule has 1 aromatic rings. The first-order valence-electron chi connectivity index (χ1n) is 9.24. The lowest BCUT2D eigenvalue weighted by Crippen LogP contribution is -2.41. The van der Waals surface area contributed by atoms with Crippen molar-refractivity contribution in [3.8, 4) is 0 Å². The number of pyridine rings is 1. The van der Waals surface area contributed by atoms with Crippen LogP contribution in [0.1, 0.15) is 38.7 Å². The van der Waals surface area contributed by atoms with Crippen molar-refractivity contribution >= 4 is 5.82 Å². The number of hydrogen-bond acceptors (Lipinski definition) is 5. The highest BCUT2D eigenvalue weighted by molar-refractivity contribution is 5.39. The van der Waals surface area contributed by atoms with Gasteiger partial charge in [-0.3, -0.25) is 0 Å². The first-order valence-corrected chi connectivity index (χ1v) is 9.24. The molecule has 2 atom stereocenters. The molecular weight excluding hydrogens is 300 g/mol. The van der Waals surface area contributed by atoms with Crippen LogP contribution in [0.4, 0.5) is 5.82 Å². The summed E-state index contributed by atoms with van der Waals surface area (Å²) in [5, 5.41) is 3.61. The van der Waals surface area contributed by atoms with Crippen LogP contribution in [0, 0.1) is 0 Å². The Balaban J connectivity index is 1.69. The van der Waals surface area contributed by atoms with Crippen molar-refractivity contribution in [1.82, 2.24) is 15.2 Å². The Morgan fingerprint density at radius 2 is 2.21 bits per heavy atom. The van der Waals surface area contributed by atoms with Gasteiger partial charge in [0.05, 0.1) is 12.7 Å². The SMILES string of the molecule is C[C@H](CCCCN(C)C)NCc1ccc(N2CCO[C@@H](C)C2)nc1. The van der Waals surface area contributed by atoms with E-state index in [1.165, 1.54) is 31.4 Å². The maximum Gasteiger partial charge on any atom is 0.128 e. The van der Waals surface area contributed by atoms with Gasteiger partial charge in [0.1, 0.15) is 5.82 Å². The maximum absolute atomic E-state index is 5.59. The fraction of sp³-hybridized carbons (Fsp3) is 0.737. The smallest absolute Gasteiger partial charge is 0.128 e. The second-order valence-corrected chi connectivity index (χ2v) is 7.23. The maximum atomic E-state index is 5.59. The van der Waals surface area contributed by atoms with Gasteiger partial charge in [-0.1, -0.05) is 12.5 Å². The van der Waals surface area contributed by atoms with Gasteiger partial charge in [0.2, 0.25) is 0 Å². The highest BCUT2D eigenvalue weighted by Gasteiger charge is 2.17. The third-order valence-corrected chi connectivity index (χ3v) is 4.52. The zero-order valence-corrected chi connectivity index (χ0v) is 15.8. The molecule has 1 saturated heterocycles. The van der Waals surface area contributed by atoms with Crippen LogP contribution in [0.25, 0.3) is 0 Å². The van der Waals surface area contributed by atoms with E-state index < -0.39 is 0 Å². The van der Waals surface area contributed by atoms with Gasteiger partial charge >= 0.3 is 0 Å². The Morgan fingerprint density at radius 3 is 2.88 bits per heavy atom. The molecule has 0 radical (unpaired) electrons. The Morgan fingerprint density at radius 1 is 1.38 bits per heavy atom. The summed E-state index contributed by atoms with van der Waals surface area (Å²) in [5.41, 5.74) is 1.25. The summed E-state index contributed by atoms with van der Waals surface area (Å²) in [6, 6.07) is 4.87. The van der Waals surface area contributed by atoms with Crippen LogP contribution in [-0.4, -0.2) is 62.4 Å². The van der Waals surface area contributed by atoms with E-state index in [-0.39, 0.29) is 6.10 Å². The van der Waals surface area contributed by atoms with Crippen molar-refractivity contribution in [3.05, 3.63) is 23.9 Å². The summed E-state index contributed by atoms with van der Waals surface area (Å²) in [7, 11) is 4.27. The fourth-order valence-electron chi connectivity index (χ4n) is 3.01. The Bertz CT molecular complexity index is 463. The van der Waals surface area contributed by atoms with Crippen LogP contribution < -0.4 is 10.2 Å². The van der Waals surface area contributed by atoms with Crippen molar-refractivity contribution in [1.29, 1.82) is 0 Å². The highest BCUT2D eigenvalue weighted by atomic mass is 16.5. The molecule has 24 heavy (non-hydrogen) atoms. The fourth-order valence-corrected chi connectivity index (χ4v) is 3.01. The molecule has 0 saturated carbocycles. The molecule has 5 heteroatoms. The molecule has 0 aromatic carbocycles. The van der Waals surface area contributed by atoms with E-state index in [9.17, 15) is 0 Å². The first kappa shape index (κ1) is 19.2. The van der Waals surface area contributed by atoms with E-state index in [1.807, 2.05) is 6.20 Å². The van der Waals surface area contributed by atoms with E-state index in [2.05, 4.69) is 60.2 Å². The minimum atomic E-state index is 0.287. The molecule has 1 aromatic heterocycles. The van der Waals surface area contributed by atoms with Crippen LogP contribution in [0.3, 0.4) is 0 Å². The molecular formula is C19H34N4O.